The first-order chi connectivity index (χ1) is 9.49. The van der Waals surface area contributed by atoms with Gasteiger partial charge < -0.3 is 15.5 Å². The third kappa shape index (κ3) is 3.23. The van der Waals surface area contributed by atoms with Gasteiger partial charge in [0.2, 0.25) is 5.91 Å². The number of hydrogen-bond donors (Lipinski definition) is 2. The zero-order chi connectivity index (χ0) is 14.7. The number of anilines is 1. The van der Waals surface area contributed by atoms with E-state index in [1.807, 2.05) is 13.0 Å². The van der Waals surface area contributed by atoms with Crippen LogP contribution in [-0.2, 0) is 4.79 Å². The van der Waals surface area contributed by atoms with Crippen molar-refractivity contribution >= 4 is 39.9 Å². The zero-order valence-electron chi connectivity index (χ0n) is 11.0. The van der Waals surface area contributed by atoms with Gasteiger partial charge in [-0.3, -0.25) is 9.59 Å². The van der Waals surface area contributed by atoms with E-state index in [1.54, 1.807) is 24.6 Å². The molecule has 3 N–H and O–H groups in total. The van der Waals surface area contributed by atoms with Crippen LogP contribution in [0.2, 0.25) is 0 Å². The van der Waals surface area contributed by atoms with Crippen molar-refractivity contribution in [1.29, 1.82) is 0 Å². The molecular weight excluding hydrogens is 296 g/mol. The first kappa shape index (κ1) is 14.7. The lowest BCUT2D eigenvalue weighted by molar-refractivity contribution is -0.115. The minimum absolute atomic E-state index is 0.180. The quantitative estimate of drug-likeness (QED) is 0.832. The van der Waals surface area contributed by atoms with E-state index in [4.69, 9.17) is 10.2 Å². The highest BCUT2D eigenvalue weighted by Crippen LogP contribution is 2.29. The molecule has 2 aromatic heterocycles. The van der Waals surface area contributed by atoms with Crippen molar-refractivity contribution in [3.8, 4) is 0 Å². The highest BCUT2D eigenvalue weighted by molar-refractivity contribution is 8.00. The van der Waals surface area contributed by atoms with E-state index >= 15 is 0 Å². The molecular formula is C13H14N2O3S2. The van der Waals surface area contributed by atoms with E-state index in [-0.39, 0.29) is 11.2 Å². The van der Waals surface area contributed by atoms with Crippen LogP contribution in [0.25, 0.3) is 0 Å². The summed E-state index contributed by atoms with van der Waals surface area (Å²) in [5, 5.41) is 4.62. The third-order valence-corrected chi connectivity index (χ3v) is 4.73. The Morgan fingerprint density at radius 3 is 2.80 bits per heavy atom. The first-order valence-corrected chi connectivity index (χ1v) is 7.64. The largest absolute Gasteiger partial charge is 0.468 e. The molecule has 0 aliphatic heterocycles. The van der Waals surface area contributed by atoms with E-state index < -0.39 is 5.91 Å². The fourth-order valence-corrected chi connectivity index (χ4v) is 3.24. The molecule has 0 radical (unpaired) electrons. The molecule has 0 fully saturated rings. The average Bonchev–Trinajstić information content (AvgIpc) is 2.99. The molecule has 2 aromatic rings. The van der Waals surface area contributed by atoms with E-state index in [1.165, 1.54) is 23.1 Å². The zero-order valence-corrected chi connectivity index (χ0v) is 12.6. The molecule has 0 saturated heterocycles. The standard InChI is InChI=1S/C13H14N2O3S2/c1-7-10(3-5-18-7)20-8(2)12(17)15-13-9(11(14)16)4-6-19-13/h3-6,8H,1-2H3,(H2,14,16)(H,15,17)/t8-/m0/s1. The van der Waals surface area contributed by atoms with Gasteiger partial charge in [-0.25, -0.2) is 0 Å². The lowest BCUT2D eigenvalue weighted by Gasteiger charge is -2.11. The van der Waals surface area contributed by atoms with Crippen LogP contribution < -0.4 is 11.1 Å². The molecule has 0 bridgehead atoms. The molecule has 2 heterocycles. The van der Waals surface area contributed by atoms with Gasteiger partial charge in [0.15, 0.2) is 0 Å². The number of amides is 2. The molecule has 5 nitrogen and oxygen atoms in total. The number of nitrogens with one attached hydrogen (secondary N) is 1. The van der Waals surface area contributed by atoms with Crippen molar-refractivity contribution in [3.63, 3.8) is 0 Å². The van der Waals surface area contributed by atoms with Crippen LogP contribution >= 0.6 is 23.1 Å². The van der Waals surface area contributed by atoms with Crippen LogP contribution in [0.15, 0.2) is 33.1 Å². The molecule has 0 saturated carbocycles. The first-order valence-electron chi connectivity index (χ1n) is 5.88. The monoisotopic (exact) mass is 310 g/mol. The number of thiophene rings is 1. The Bertz CT molecular complexity index is 633. The number of rotatable bonds is 5. The van der Waals surface area contributed by atoms with Gasteiger partial charge in [-0.15, -0.1) is 23.1 Å². The van der Waals surface area contributed by atoms with E-state index in [0.717, 1.165) is 10.7 Å². The summed E-state index contributed by atoms with van der Waals surface area (Å²) in [5.74, 6) is 0.0525. The van der Waals surface area contributed by atoms with Gasteiger partial charge in [-0.2, -0.15) is 0 Å². The molecule has 7 heteroatoms. The number of hydrogen-bond acceptors (Lipinski definition) is 5. The van der Waals surface area contributed by atoms with Gasteiger partial charge in [-0.1, -0.05) is 0 Å². The number of carbonyl (C=O) groups is 2. The smallest absolute Gasteiger partial charge is 0.251 e. The molecule has 2 rings (SSSR count). The minimum atomic E-state index is -0.549. The van der Waals surface area contributed by atoms with Crippen molar-refractivity contribution < 1.29 is 14.0 Å². The highest BCUT2D eigenvalue weighted by atomic mass is 32.2. The summed E-state index contributed by atoms with van der Waals surface area (Å²) in [5.41, 5.74) is 5.57. The predicted molar refractivity (Wildman–Crippen MR) is 80.2 cm³/mol. The summed E-state index contributed by atoms with van der Waals surface area (Å²) >= 11 is 2.68. The van der Waals surface area contributed by atoms with Crippen LogP contribution in [-0.4, -0.2) is 17.1 Å². The number of carbonyl (C=O) groups excluding carboxylic acids is 2. The van der Waals surface area contributed by atoms with Gasteiger partial charge in [0, 0.05) is 4.90 Å². The Morgan fingerprint density at radius 2 is 2.20 bits per heavy atom. The van der Waals surface area contributed by atoms with Gasteiger partial charge in [0.25, 0.3) is 5.91 Å². The van der Waals surface area contributed by atoms with Gasteiger partial charge in [-0.05, 0) is 31.4 Å². The SMILES string of the molecule is Cc1occc1S[C@@H](C)C(=O)Nc1sccc1C(N)=O. The number of thioether (sulfide) groups is 1. The summed E-state index contributed by atoms with van der Waals surface area (Å²) in [6.07, 6.45) is 1.59. The Morgan fingerprint density at radius 1 is 1.45 bits per heavy atom. The van der Waals surface area contributed by atoms with Crippen LogP contribution in [0.1, 0.15) is 23.0 Å². The molecule has 106 valence electrons. The van der Waals surface area contributed by atoms with E-state index in [2.05, 4.69) is 5.32 Å². The van der Waals surface area contributed by atoms with Gasteiger partial charge in [0.1, 0.15) is 10.8 Å². The van der Waals surface area contributed by atoms with Crippen LogP contribution in [0.4, 0.5) is 5.00 Å². The molecule has 1 atom stereocenters. The minimum Gasteiger partial charge on any atom is -0.468 e. The van der Waals surface area contributed by atoms with Gasteiger partial charge >= 0.3 is 0 Å². The predicted octanol–water partition coefficient (Wildman–Crippen LogP) is 2.87. The summed E-state index contributed by atoms with van der Waals surface area (Å²) in [6, 6.07) is 3.42. The second-order valence-corrected chi connectivity index (χ2v) is 6.42. The summed E-state index contributed by atoms with van der Waals surface area (Å²) in [7, 11) is 0. The number of primary amides is 1. The number of nitrogens with two attached hydrogens (primary N) is 1. The van der Waals surface area contributed by atoms with Crippen molar-refractivity contribution in [2.75, 3.05) is 5.32 Å². The lowest BCUT2D eigenvalue weighted by Crippen LogP contribution is -2.23. The van der Waals surface area contributed by atoms with E-state index in [0.29, 0.717) is 10.6 Å². The van der Waals surface area contributed by atoms with Crippen molar-refractivity contribution in [3.05, 3.63) is 35.1 Å². The highest BCUT2D eigenvalue weighted by Gasteiger charge is 2.19. The Labute approximate surface area is 124 Å². The van der Waals surface area contributed by atoms with Crippen LogP contribution in [0.5, 0.6) is 0 Å². The maximum Gasteiger partial charge on any atom is 0.251 e. The maximum absolute atomic E-state index is 12.1. The molecule has 20 heavy (non-hydrogen) atoms. The summed E-state index contributed by atoms with van der Waals surface area (Å²) in [4.78, 5) is 24.2. The molecule has 0 aliphatic rings. The van der Waals surface area contributed by atoms with Crippen LogP contribution in [0, 0.1) is 6.92 Å². The third-order valence-electron chi connectivity index (χ3n) is 2.65. The molecule has 0 unspecified atom stereocenters. The second kappa shape index (κ2) is 6.15. The molecule has 0 aliphatic carbocycles. The van der Waals surface area contributed by atoms with Gasteiger partial charge in [0.05, 0.1) is 17.1 Å². The Kier molecular flexibility index (Phi) is 4.51. The Hall–Kier alpha value is -1.73. The lowest BCUT2D eigenvalue weighted by atomic mass is 10.3. The fourth-order valence-electron chi connectivity index (χ4n) is 1.55. The van der Waals surface area contributed by atoms with Crippen LogP contribution in [0.3, 0.4) is 0 Å². The van der Waals surface area contributed by atoms with E-state index in [9.17, 15) is 9.59 Å². The maximum atomic E-state index is 12.1. The summed E-state index contributed by atoms with van der Waals surface area (Å²) < 4.78 is 5.19. The molecule has 0 aromatic carbocycles. The number of furan rings is 1. The average molecular weight is 310 g/mol. The molecule has 0 spiro atoms. The fraction of sp³-hybridized carbons (Fsp3) is 0.231. The number of aryl methyl sites for hydroxylation is 1. The normalized spacial score (nSPS) is 12.1. The van der Waals surface area contributed by atoms with Crippen molar-refractivity contribution in [2.24, 2.45) is 5.73 Å². The summed E-state index contributed by atoms with van der Waals surface area (Å²) in [6.45, 7) is 3.64. The topological polar surface area (TPSA) is 85.3 Å². The van der Waals surface area contributed by atoms with Crippen molar-refractivity contribution in [1.82, 2.24) is 0 Å². The molecule has 2 amide bonds. The second-order valence-electron chi connectivity index (χ2n) is 4.12. The Balaban J connectivity index is 2.03. The van der Waals surface area contributed by atoms with Crippen molar-refractivity contribution in [2.45, 2.75) is 24.0 Å².